The molecule has 2 aliphatic rings. The van der Waals surface area contributed by atoms with Crippen molar-refractivity contribution in [3.05, 3.63) is 17.6 Å². The Kier molecular flexibility index (Phi) is 4.73. The molecule has 9 heteroatoms. The summed E-state index contributed by atoms with van der Waals surface area (Å²) < 4.78 is 7.68. The van der Waals surface area contributed by atoms with E-state index >= 15 is 0 Å². The van der Waals surface area contributed by atoms with E-state index in [1.165, 1.54) is 0 Å². The first-order valence-electron chi connectivity index (χ1n) is 9.42. The van der Waals surface area contributed by atoms with Crippen molar-refractivity contribution in [3.63, 3.8) is 0 Å². The smallest absolute Gasteiger partial charge is 0.224 e. The molecule has 1 N–H and O–H groups in total. The van der Waals surface area contributed by atoms with Crippen LogP contribution in [0.5, 0.6) is 0 Å². The van der Waals surface area contributed by atoms with E-state index in [-0.39, 0.29) is 12.0 Å². The second-order valence-electron chi connectivity index (χ2n) is 7.82. The molecule has 1 amide bonds. The number of aryl methyl sites for hydroxylation is 1. The highest BCUT2D eigenvalue weighted by atomic mass is 16.5. The van der Waals surface area contributed by atoms with Gasteiger partial charge >= 0.3 is 0 Å². The lowest BCUT2D eigenvalue weighted by Gasteiger charge is -2.35. The maximum atomic E-state index is 12.0. The van der Waals surface area contributed by atoms with E-state index in [9.17, 15) is 4.79 Å². The highest BCUT2D eigenvalue weighted by Crippen LogP contribution is 2.29. The average molecular weight is 373 g/mol. The van der Waals surface area contributed by atoms with E-state index in [4.69, 9.17) is 4.74 Å². The molecule has 3 atom stereocenters. The van der Waals surface area contributed by atoms with Crippen molar-refractivity contribution in [1.29, 1.82) is 0 Å². The van der Waals surface area contributed by atoms with Crippen LogP contribution in [-0.4, -0.2) is 87.5 Å². The number of carbonyl (C=O) groups is 1. The molecule has 146 valence electrons. The highest BCUT2D eigenvalue weighted by molar-refractivity contribution is 5.76. The van der Waals surface area contributed by atoms with Gasteiger partial charge in [-0.3, -0.25) is 9.69 Å². The van der Waals surface area contributed by atoms with Crippen LogP contribution in [0.15, 0.2) is 6.33 Å². The van der Waals surface area contributed by atoms with Gasteiger partial charge in [0.1, 0.15) is 6.33 Å². The average Bonchev–Trinajstić information content (AvgIpc) is 3.24. The number of aromatic nitrogens is 4. The first-order valence-corrected chi connectivity index (χ1v) is 9.42. The third kappa shape index (κ3) is 3.49. The van der Waals surface area contributed by atoms with Crippen LogP contribution in [0.2, 0.25) is 0 Å². The maximum absolute atomic E-state index is 12.0. The lowest BCUT2D eigenvalue weighted by Crippen LogP contribution is -2.47. The summed E-state index contributed by atoms with van der Waals surface area (Å²) in [6, 6.07) is 0.702. The fourth-order valence-corrected chi connectivity index (χ4v) is 3.98. The topological polar surface area (TPSA) is 87.9 Å². The first kappa shape index (κ1) is 18.1. The quantitative estimate of drug-likeness (QED) is 0.834. The van der Waals surface area contributed by atoms with Gasteiger partial charge in [-0.05, 0) is 25.8 Å². The van der Waals surface area contributed by atoms with Gasteiger partial charge in [0.2, 0.25) is 11.6 Å². The van der Waals surface area contributed by atoms with Gasteiger partial charge < -0.3 is 15.0 Å². The summed E-state index contributed by atoms with van der Waals surface area (Å²) in [4.78, 5) is 16.0. The molecule has 0 aliphatic carbocycles. The molecule has 27 heavy (non-hydrogen) atoms. The van der Waals surface area contributed by atoms with E-state index in [1.54, 1.807) is 29.8 Å². The molecule has 0 aromatic carbocycles. The van der Waals surface area contributed by atoms with Gasteiger partial charge in [0, 0.05) is 39.3 Å². The number of ether oxygens (including phenoxy) is 1. The van der Waals surface area contributed by atoms with Crippen molar-refractivity contribution in [3.8, 4) is 0 Å². The summed E-state index contributed by atoms with van der Waals surface area (Å²) in [5.74, 6) is 0.115. The predicted molar refractivity (Wildman–Crippen MR) is 101 cm³/mol. The van der Waals surface area contributed by atoms with Crippen molar-refractivity contribution < 1.29 is 9.53 Å². The SMILES string of the molecule is Cc1nn2cnnc2c(N[C@H]2C[C@H]3CO[C@@H](CC(=O)N(C)C)CN3C2)c1C. The van der Waals surface area contributed by atoms with E-state index in [1.807, 2.05) is 6.92 Å². The largest absolute Gasteiger partial charge is 0.378 e. The second-order valence-corrected chi connectivity index (χ2v) is 7.82. The zero-order valence-electron chi connectivity index (χ0n) is 16.3. The Morgan fingerprint density at radius 2 is 2.19 bits per heavy atom. The molecule has 9 nitrogen and oxygen atoms in total. The number of hydrogen-bond acceptors (Lipinski definition) is 7. The van der Waals surface area contributed by atoms with E-state index < -0.39 is 0 Å². The Balaban J connectivity index is 1.44. The van der Waals surface area contributed by atoms with Crippen LogP contribution in [0.4, 0.5) is 5.69 Å². The van der Waals surface area contributed by atoms with Gasteiger partial charge in [-0.25, -0.2) is 0 Å². The molecule has 4 heterocycles. The second kappa shape index (κ2) is 7.05. The number of carbonyl (C=O) groups excluding carboxylic acids is 1. The number of anilines is 1. The van der Waals surface area contributed by atoms with Gasteiger partial charge in [0.15, 0.2) is 0 Å². The van der Waals surface area contributed by atoms with Gasteiger partial charge in [0.05, 0.1) is 30.5 Å². The number of amides is 1. The molecule has 2 aliphatic heterocycles. The van der Waals surface area contributed by atoms with Crippen LogP contribution >= 0.6 is 0 Å². The zero-order chi connectivity index (χ0) is 19.1. The zero-order valence-corrected chi connectivity index (χ0v) is 16.3. The number of nitrogens with one attached hydrogen (secondary N) is 1. The normalized spacial score (nSPS) is 25.6. The van der Waals surface area contributed by atoms with Crippen LogP contribution < -0.4 is 5.32 Å². The predicted octanol–water partition coefficient (Wildman–Crippen LogP) is 0.473. The molecule has 0 bridgehead atoms. The molecule has 2 aromatic rings. The molecular formula is C18H27N7O2. The van der Waals surface area contributed by atoms with Crippen LogP contribution in [0.3, 0.4) is 0 Å². The molecule has 4 rings (SSSR count). The van der Waals surface area contributed by atoms with E-state index in [0.717, 1.165) is 42.1 Å². The highest BCUT2D eigenvalue weighted by Gasteiger charge is 2.38. The van der Waals surface area contributed by atoms with E-state index in [0.29, 0.717) is 25.1 Å². The minimum Gasteiger partial charge on any atom is -0.378 e. The summed E-state index contributed by atoms with van der Waals surface area (Å²) in [7, 11) is 3.57. The monoisotopic (exact) mass is 373 g/mol. The number of hydrogen-bond donors (Lipinski definition) is 1. The standard InChI is InChI=1S/C18H27N7O2/c1-11-12(2)22-25-10-19-21-18(25)17(11)20-13-5-14-9-27-15(8-24(14)7-13)6-16(26)23(3)4/h10,13-15,20H,5-9H2,1-4H3/t13-,14-,15-/m0/s1. The fraction of sp³-hybridized carbons (Fsp3) is 0.667. The maximum Gasteiger partial charge on any atom is 0.224 e. The van der Waals surface area contributed by atoms with Crippen molar-refractivity contribution in [2.75, 3.05) is 39.1 Å². The minimum atomic E-state index is -0.0250. The van der Waals surface area contributed by atoms with Crippen LogP contribution in [-0.2, 0) is 9.53 Å². The van der Waals surface area contributed by atoms with Crippen LogP contribution in [0, 0.1) is 13.8 Å². The molecule has 2 aromatic heterocycles. The number of morpholine rings is 1. The number of nitrogens with zero attached hydrogens (tertiary/aromatic N) is 6. The number of rotatable bonds is 4. The van der Waals surface area contributed by atoms with Gasteiger partial charge in [-0.15, -0.1) is 10.2 Å². The van der Waals surface area contributed by atoms with Crippen LogP contribution in [0.1, 0.15) is 24.1 Å². The summed E-state index contributed by atoms with van der Waals surface area (Å²) >= 11 is 0. The van der Waals surface area contributed by atoms with Crippen molar-refractivity contribution in [1.82, 2.24) is 29.6 Å². The molecule has 2 saturated heterocycles. The summed E-state index contributed by atoms with van der Waals surface area (Å²) in [5, 5.41) is 16.4. The summed E-state index contributed by atoms with van der Waals surface area (Å²) in [6.07, 6.45) is 3.06. The van der Waals surface area contributed by atoms with Crippen molar-refractivity contribution >= 4 is 17.2 Å². The van der Waals surface area contributed by atoms with E-state index in [2.05, 4.69) is 32.4 Å². The lowest BCUT2D eigenvalue weighted by atomic mass is 10.1. The Bertz CT molecular complexity index is 850. The van der Waals surface area contributed by atoms with Gasteiger partial charge in [-0.2, -0.15) is 9.61 Å². The minimum absolute atomic E-state index is 0.0250. The third-order valence-electron chi connectivity index (χ3n) is 5.67. The molecular weight excluding hydrogens is 346 g/mol. The van der Waals surface area contributed by atoms with Gasteiger partial charge in [0.25, 0.3) is 0 Å². The third-order valence-corrected chi connectivity index (χ3v) is 5.67. The number of fused-ring (bicyclic) bond motifs is 2. The van der Waals surface area contributed by atoms with Gasteiger partial charge in [-0.1, -0.05) is 0 Å². The van der Waals surface area contributed by atoms with Crippen molar-refractivity contribution in [2.24, 2.45) is 0 Å². The fourth-order valence-electron chi connectivity index (χ4n) is 3.98. The summed E-state index contributed by atoms with van der Waals surface area (Å²) in [6.45, 7) is 6.48. The molecule has 0 spiro atoms. The molecule has 0 unspecified atom stereocenters. The Hall–Kier alpha value is -2.26. The first-order chi connectivity index (χ1) is 12.9. The molecule has 0 radical (unpaired) electrons. The Morgan fingerprint density at radius 1 is 1.37 bits per heavy atom. The van der Waals surface area contributed by atoms with Crippen LogP contribution in [0.25, 0.3) is 5.65 Å². The summed E-state index contributed by atoms with van der Waals surface area (Å²) in [5.41, 5.74) is 3.83. The van der Waals surface area contributed by atoms with Crippen molar-refractivity contribution in [2.45, 2.75) is 44.9 Å². The molecule has 2 fully saturated rings. The Morgan fingerprint density at radius 3 is 2.96 bits per heavy atom. The lowest BCUT2D eigenvalue weighted by molar-refractivity contribution is -0.134. The Labute approximate surface area is 158 Å². The molecule has 0 saturated carbocycles.